The average molecular weight is 229 g/mol. The molecule has 1 aromatic rings. The van der Waals surface area contributed by atoms with Crippen LogP contribution >= 0.6 is 11.6 Å². The molecular formula is C10H17ClN4. The highest BCUT2D eigenvalue weighted by molar-refractivity contribution is 6.28. The first-order valence-corrected chi connectivity index (χ1v) is 5.43. The largest absolute Gasteiger partial charge is 0.369 e. The second kappa shape index (κ2) is 5.88. The summed E-state index contributed by atoms with van der Waals surface area (Å²) in [5.74, 6) is 0.789. The van der Waals surface area contributed by atoms with E-state index >= 15 is 0 Å². The maximum absolute atomic E-state index is 5.75. The van der Waals surface area contributed by atoms with E-state index in [0.717, 1.165) is 31.1 Å². The van der Waals surface area contributed by atoms with Crippen molar-refractivity contribution < 1.29 is 0 Å². The van der Waals surface area contributed by atoms with Crippen LogP contribution < -0.4 is 5.32 Å². The molecule has 4 nitrogen and oxygen atoms in total. The highest BCUT2D eigenvalue weighted by Gasteiger charge is 1.99. The van der Waals surface area contributed by atoms with Crippen molar-refractivity contribution in [3.8, 4) is 0 Å². The molecule has 0 unspecified atom stereocenters. The number of nitrogens with zero attached hydrogens (tertiary/aromatic N) is 3. The van der Waals surface area contributed by atoms with Crippen molar-refractivity contribution >= 4 is 17.4 Å². The number of hydrogen-bond donors (Lipinski definition) is 1. The molecule has 84 valence electrons. The van der Waals surface area contributed by atoms with Crippen LogP contribution in [0.4, 0.5) is 5.82 Å². The normalized spacial score (nSPS) is 10.7. The molecule has 5 heteroatoms. The molecular weight excluding hydrogens is 212 g/mol. The molecule has 0 aliphatic heterocycles. The number of rotatable bonds is 5. The zero-order chi connectivity index (χ0) is 11.3. The summed E-state index contributed by atoms with van der Waals surface area (Å²) in [5, 5.41) is 3.51. The standard InChI is InChI=1S/C10H17ClN4/c1-4-15(3)6-5-12-9-7-8(2)13-10(11)14-9/h7H,4-6H2,1-3H3,(H,12,13,14). The van der Waals surface area contributed by atoms with Crippen molar-refractivity contribution in [1.29, 1.82) is 0 Å². The van der Waals surface area contributed by atoms with Crippen LogP contribution in [0.3, 0.4) is 0 Å². The second-order valence-corrected chi connectivity index (χ2v) is 3.82. The van der Waals surface area contributed by atoms with Crippen molar-refractivity contribution in [2.75, 3.05) is 32.0 Å². The van der Waals surface area contributed by atoms with E-state index in [-0.39, 0.29) is 0 Å². The van der Waals surface area contributed by atoms with Crippen molar-refractivity contribution in [2.24, 2.45) is 0 Å². The van der Waals surface area contributed by atoms with Crippen LogP contribution in [-0.2, 0) is 0 Å². The minimum absolute atomic E-state index is 0.293. The maximum Gasteiger partial charge on any atom is 0.224 e. The monoisotopic (exact) mass is 228 g/mol. The first-order chi connectivity index (χ1) is 7.11. The third kappa shape index (κ3) is 4.44. The zero-order valence-corrected chi connectivity index (χ0v) is 10.2. The molecule has 1 rings (SSSR count). The Morgan fingerprint density at radius 3 is 2.80 bits per heavy atom. The van der Waals surface area contributed by atoms with Gasteiger partial charge in [-0.3, -0.25) is 0 Å². The van der Waals surface area contributed by atoms with Crippen LogP contribution in [0.1, 0.15) is 12.6 Å². The number of halogens is 1. The number of aryl methyl sites for hydroxylation is 1. The smallest absolute Gasteiger partial charge is 0.224 e. The summed E-state index contributed by atoms with van der Waals surface area (Å²) >= 11 is 5.75. The van der Waals surface area contributed by atoms with Crippen LogP contribution in [-0.4, -0.2) is 41.5 Å². The third-order valence-electron chi connectivity index (χ3n) is 2.17. The van der Waals surface area contributed by atoms with Crippen molar-refractivity contribution in [1.82, 2.24) is 14.9 Å². The summed E-state index contributed by atoms with van der Waals surface area (Å²) in [6.45, 7) is 6.92. The van der Waals surface area contributed by atoms with Gasteiger partial charge >= 0.3 is 0 Å². The first kappa shape index (κ1) is 12.2. The fourth-order valence-corrected chi connectivity index (χ4v) is 1.38. The Labute approximate surface area is 95.7 Å². The molecule has 1 heterocycles. The Morgan fingerprint density at radius 2 is 2.20 bits per heavy atom. The minimum Gasteiger partial charge on any atom is -0.369 e. The predicted octanol–water partition coefficient (Wildman–Crippen LogP) is 1.80. The summed E-state index contributed by atoms with van der Waals surface area (Å²) in [7, 11) is 2.08. The van der Waals surface area contributed by atoms with Gasteiger partial charge in [0.25, 0.3) is 0 Å². The number of hydrogen-bond acceptors (Lipinski definition) is 4. The van der Waals surface area contributed by atoms with E-state index in [1.54, 1.807) is 0 Å². The molecule has 15 heavy (non-hydrogen) atoms. The van der Waals surface area contributed by atoms with Crippen molar-refractivity contribution in [3.63, 3.8) is 0 Å². The van der Waals surface area contributed by atoms with Crippen LogP contribution in [0.25, 0.3) is 0 Å². The van der Waals surface area contributed by atoms with Gasteiger partial charge in [-0.25, -0.2) is 9.97 Å². The lowest BCUT2D eigenvalue weighted by Crippen LogP contribution is -2.25. The third-order valence-corrected chi connectivity index (χ3v) is 2.34. The molecule has 0 saturated heterocycles. The van der Waals surface area contributed by atoms with E-state index in [9.17, 15) is 0 Å². The van der Waals surface area contributed by atoms with Gasteiger partial charge in [0.05, 0.1) is 0 Å². The maximum atomic E-state index is 5.75. The Balaban J connectivity index is 2.43. The highest BCUT2D eigenvalue weighted by Crippen LogP contribution is 2.08. The summed E-state index contributed by atoms with van der Waals surface area (Å²) in [5.41, 5.74) is 0.876. The first-order valence-electron chi connectivity index (χ1n) is 5.05. The van der Waals surface area contributed by atoms with Gasteiger partial charge in [0, 0.05) is 24.8 Å². The Kier molecular flexibility index (Phi) is 4.78. The molecule has 0 aliphatic rings. The topological polar surface area (TPSA) is 41.0 Å². The van der Waals surface area contributed by atoms with Crippen LogP contribution in [0.5, 0.6) is 0 Å². The molecule has 0 saturated carbocycles. The fraction of sp³-hybridized carbons (Fsp3) is 0.600. The summed E-state index contributed by atoms with van der Waals surface area (Å²) in [6.07, 6.45) is 0. The lowest BCUT2D eigenvalue weighted by molar-refractivity contribution is 0.367. The molecule has 0 atom stereocenters. The summed E-state index contributed by atoms with van der Waals surface area (Å²) in [6, 6.07) is 1.89. The molecule has 0 radical (unpaired) electrons. The zero-order valence-electron chi connectivity index (χ0n) is 9.42. The van der Waals surface area contributed by atoms with Gasteiger partial charge in [-0.2, -0.15) is 0 Å². The summed E-state index contributed by atoms with van der Waals surface area (Å²) in [4.78, 5) is 10.3. The van der Waals surface area contributed by atoms with E-state index < -0.39 is 0 Å². The highest BCUT2D eigenvalue weighted by atomic mass is 35.5. The number of nitrogens with one attached hydrogen (secondary N) is 1. The average Bonchev–Trinajstić information content (AvgIpc) is 2.16. The molecule has 0 amide bonds. The number of likely N-dealkylation sites (N-methyl/N-ethyl adjacent to an activating group) is 1. The van der Waals surface area contributed by atoms with Crippen molar-refractivity contribution in [2.45, 2.75) is 13.8 Å². The number of aromatic nitrogens is 2. The van der Waals surface area contributed by atoms with Gasteiger partial charge in [0.2, 0.25) is 5.28 Å². The van der Waals surface area contributed by atoms with Gasteiger partial charge in [-0.05, 0) is 32.1 Å². The van der Waals surface area contributed by atoms with Crippen LogP contribution in [0, 0.1) is 6.92 Å². The number of anilines is 1. The predicted molar refractivity (Wildman–Crippen MR) is 63.4 cm³/mol. The molecule has 0 aliphatic carbocycles. The fourth-order valence-electron chi connectivity index (χ4n) is 1.16. The lowest BCUT2D eigenvalue weighted by atomic mass is 10.4. The van der Waals surface area contributed by atoms with Crippen molar-refractivity contribution in [3.05, 3.63) is 17.0 Å². The van der Waals surface area contributed by atoms with E-state index in [1.807, 2.05) is 13.0 Å². The van der Waals surface area contributed by atoms with Gasteiger partial charge in [-0.15, -0.1) is 0 Å². The second-order valence-electron chi connectivity index (χ2n) is 3.49. The SMILES string of the molecule is CCN(C)CCNc1cc(C)nc(Cl)n1. The minimum atomic E-state index is 0.293. The molecule has 1 aromatic heterocycles. The Bertz CT molecular complexity index is 296. The van der Waals surface area contributed by atoms with E-state index in [4.69, 9.17) is 11.6 Å². The summed E-state index contributed by atoms with van der Waals surface area (Å²) < 4.78 is 0. The molecule has 0 aromatic carbocycles. The Morgan fingerprint density at radius 1 is 1.47 bits per heavy atom. The molecule has 1 N–H and O–H groups in total. The van der Waals surface area contributed by atoms with Gasteiger partial charge in [0.1, 0.15) is 5.82 Å². The Hall–Kier alpha value is -0.870. The lowest BCUT2D eigenvalue weighted by Gasteiger charge is -2.14. The van der Waals surface area contributed by atoms with Gasteiger partial charge in [0.15, 0.2) is 0 Å². The van der Waals surface area contributed by atoms with E-state index in [0.29, 0.717) is 5.28 Å². The van der Waals surface area contributed by atoms with E-state index in [1.165, 1.54) is 0 Å². The van der Waals surface area contributed by atoms with E-state index in [2.05, 4.69) is 34.2 Å². The molecule has 0 bridgehead atoms. The van der Waals surface area contributed by atoms with Crippen LogP contribution in [0.2, 0.25) is 5.28 Å². The molecule has 0 spiro atoms. The van der Waals surface area contributed by atoms with Gasteiger partial charge < -0.3 is 10.2 Å². The van der Waals surface area contributed by atoms with Gasteiger partial charge in [-0.1, -0.05) is 6.92 Å². The molecule has 0 fully saturated rings. The quantitative estimate of drug-likeness (QED) is 0.781. The van der Waals surface area contributed by atoms with Crippen LogP contribution in [0.15, 0.2) is 6.07 Å².